The van der Waals surface area contributed by atoms with Crippen molar-refractivity contribution < 1.29 is 13.9 Å². The van der Waals surface area contributed by atoms with Crippen molar-refractivity contribution in [2.45, 2.75) is 31.8 Å². The van der Waals surface area contributed by atoms with Gasteiger partial charge in [-0.25, -0.2) is 4.39 Å². The molecule has 5 nitrogen and oxygen atoms in total. The number of para-hydroxylation sites is 2. The number of halogens is 1. The number of anilines is 1. The van der Waals surface area contributed by atoms with E-state index < -0.39 is 0 Å². The van der Waals surface area contributed by atoms with E-state index in [0.29, 0.717) is 18.0 Å². The van der Waals surface area contributed by atoms with Gasteiger partial charge in [0.15, 0.2) is 0 Å². The number of ether oxygens (including phenoxy) is 1. The Morgan fingerprint density at radius 3 is 2.84 bits per heavy atom. The first-order valence-corrected chi connectivity index (χ1v) is 8.42. The second-order valence-corrected chi connectivity index (χ2v) is 6.15. The molecule has 132 valence electrons. The maximum Gasteiger partial charge on any atom is 0.244 e. The van der Waals surface area contributed by atoms with Gasteiger partial charge in [-0.3, -0.25) is 15.1 Å². The fraction of sp³-hybridized carbons (Fsp3) is 0.368. The number of piperidine rings is 1. The quantitative estimate of drug-likeness (QED) is 0.906. The number of nitrogens with zero attached hydrogens (tertiary/aromatic N) is 2. The molecule has 2 unspecified atom stereocenters. The molecule has 0 saturated carbocycles. The summed E-state index contributed by atoms with van der Waals surface area (Å²) in [6.07, 6.45) is 2.85. The van der Waals surface area contributed by atoms with Crippen LogP contribution in [0.3, 0.4) is 0 Å². The van der Waals surface area contributed by atoms with Crippen LogP contribution in [0.2, 0.25) is 0 Å². The van der Waals surface area contributed by atoms with Crippen molar-refractivity contribution in [3.63, 3.8) is 0 Å². The van der Waals surface area contributed by atoms with E-state index in [9.17, 15) is 9.18 Å². The number of pyridine rings is 1. The molecule has 1 aliphatic heterocycles. The van der Waals surface area contributed by atoms with Crippen LogP contribution in [0.1, 0.15) is 31.5 Å². The lowest BCUT2D eigenvalue weighted by Gasteiger charge is -2.34. The molecule has 0 bridgehead atoms. The normalized spacial score (nSPS) is 18.9. The van der Waals surface area contributed by atoms with Crippen LogP contribution in [0.5, 0.6) is 5.75 Å². The van der Waals surface area contributed by atoms with Crippen LogP contribution in [0.15, 0.2) is 42.6 Å². The van der Waals surface area contributed by atoms with Gasteiger partial charge in [-0.2, -0.15) is 0 Å². The molecule has 1 amide bonds. The molecule has 2 atom stereocenters. The largest absolute Gasteiger partial charge is 0.495 e. The lowest BCUT2D eigenvalue weighted by Crippen LogP contribution is -2.51. The first kappa shape index (κ1) is 17.4. The van der Waals surface area contributed by atoms with Gasteiger partial charge in [0, 0.05) is 12.6 Å². The van der Waals surface area contributed by atoms with Gasteiger partial charge in [-0.15, -0.1) is 0 Å². The molecule has 6 heteroatoms. The fourth-order valence-corrected chi connectivity index (χ4v) is 3.15. The summed E-state index contributed by atoms with van der Waals surface area (Å²) in [5.41, 5.74) is 1.50. The molecule has 25 heavy (non-hydrogen) atoms. The van der Waals surface area contributed by atoms with Crippen LogP contribution in [-0.2, 0) is 4.79 Å². The monoisotopic (exact) mass is 343 g/mol. The number of carbonyl (C=O) groups is 1. The number of amides is 1. The van der Waals surface area contributed by atoms with Crippen molar-refractivity contribution >= 4 is 11.6 Å². The molecule has 1 aromatic carbocycles. The number of rotatable bonds is 5. The highest BCUT2D eigenvalue weighted by molar-refractivity contribution is 5.99. The summed E-state index contributed by atoms with van der Waals surface area (Å²) in [7, 11) is 1.60. The molecule has 1 fully saturated rings. The average Bonchev–Trinajstić information content (AvgIpc) is 2.64. The standard InChI is InChI=1S/C19H22FN3O2/c1-13(15-10-9-14(20)12-21-15)22-16-6-5-11-23(19(16)24)17-7-3-4-8-18(17)25-2/h3-4,7-10,12-13,16,22H,5-6,11H2,1-2H3. The predicted octanol–water partition coefficient (Wildman–Crippen LogP) is 3.08. The summed E-state index contributed by atoms with van der Waals surface area (Å²) in [5, 5.41) is 3.32. The van der Waals surface area contributed by atoms with E-state index in [4.69, 9.17) is 4.74 Å². The highest BCUT2D eigenvalue weighted by Gasteiger charge is 2.32. The summed E-state index contributed by atoms with van der Waals surface area (Å²) in [6.45, 7) is 2.59. The molecule has 0 spiro atoms. The molecule has 0 radical (unpaired) electrons. The third kappa shape index (κ3) is 3.79. The van der Waals surface area contributed by atoms with Crippen molar-refractivity contribution in [2.75, 3.05) is 18.6 Å². The van der Waals surface area contributed by atoms with Crippen LogP contribution in [0, 0.1) is 5.82 Å². The lowest BCUT2D eigenvalue weighted by molar-refractivity contribution is -0.122. The van der Waals surface area contributed by atoms with E-state index in [2.05, 4.69) is 10.3 Å². The summed E-state index contributed by atoms with van der Waals surface area (Å²) >= 11 is 0. The molecule has 1 N–H and O–H groups in total. The minimum Gasteiger partial charge on any atom is -0.495 e. The molecular weight excluding hydrogens is 321 g/mol. The van der Waals surface area contributed by atoms with Gasteiger partial charge in [0.05, 0.1) is 30.7 Å². The molecule has 3 rings (SSSR count). The van der Waals surface area contributed by atoms with Crippen molar-refractivity contribution in [1.29, 1.82) is 0 Å². The van der Waals surface area contributed by atoms with Crippen molar-refractivity contribution in [3.05, 3.63) is 54.1 Å². The smallest absolute Gasteiger partial charge is 0.244 e. The fourth-order valence-electron chi connectivity index (χ4n) is 3.15. The molecule has 2 heterocycles. The van der Waals surface area contributed by atoms with Crippen LogP contribution in [0.4, 0.5) is 10.1 Å². The van der Waals surface area contributed by atoms with E-state index in [0.717, 1.165) is 18.5 Å². The SMILES string of the molecule is COc1ccccc1N1CCCC(NC(C)c2ccc(F)cn2)C1=O. The highest BCUT2D eigenvalue weighted by Crippen LogP contribution is 2.31. The summed E-state index contributed by atoms with van der Waals surface area (Å²) in [4.78, 5) is 18.8. The Morgan fingerprint density at radius 2 is 2.12 bits per heavy atom. The second kappa shape index (κ2) is 7.61. The summed E-state index contributed by atoms with van der Waals surface area (Å²) in [5.74, 6) is 0.335. The van der Waals surface area contributed by atoms with Gasteiger partial charge < -0.3 is 9.64 Å². The predicted molar refractivity (Wildman–Crippen MR) is 94.1 cm³/mol. The van der Waals surface area contributed by atoms with E-state index in [1.54, 1.807) is 18.1 Å². The maximum atomic E-state index is 13.0. The number of aromatic nitrogens is 1. The number of hydrogen-bond acceptors (Lipinski definition) is 4. The number of carbonyl (C=O) groups excluding carboxylic acids is 1. The van der Waals surface area contributed by atoms with Gasteiger partial charge in [0.1, 0.15) is 11.6 Å². The molecule has 2 aromatic rings. The summed E-state index contributed by atoms with van der Waals surface area (Å²) in [6, 6.07) is 10.1. The van der Waals surface area contributed by atoms with Gasteiger partial charge in [0.25, 0.3) is 0 Å². The third-order valence-electron chi connectivity index (χ3n) is 4.46. The maximum absolute atomic E-state index is 13.0. The molecular formula is C19H22FN3O2. The van der Waals surface area contributed by atoms with Crippen molar-refractivity contribution in [1.82, 2.24) is 10.3 Å². The molecule has 1 aliphatic rings. The molecule has 0 aliphatic carbocycles. The number of methoxy groups -OCH3 is 1. The third-order valence-corrected chi connectivity index (χ3v) is 4.46. The van der Waals surface area contributed by atoms with Gasteiger partial charge in [-0.1, -0.05) is 12.1 Å². The minimum atomic E-state index is -0.368. The molecule has 1 saturated heterocycles. The second-order valence-electron chi connectivity index (χ2n) is 6.15. The number of hydrogen-bond donors (Lipinski definition) is 1. The molecule has 1 aromatic heterocycles. The number of nitrogens with one attached hydrogen (secondary N) is 1. The van der Waals surface area contributed by atoms with Crippen LogP contribution < -0.4 is 15.0 Å². The minimum absolute atomic E-state index is 0.0183. The van der Waals surface area contributed by atoms with E-state index in [1.807, 2.05) is 31.2 Å². The Morgan fingerprint density at radius 1 is 1.32 bits per heavy atom. The zero-order valence-corrected chi connectivity index (χ0v) is 14.4. The number of benzene rings is 1. The lowest BCUT2D eigenvalue weighted by atomic mass is 10.0. The van der Waals surface area contributed by atoms with Crippen LogP contribution in [0.25, 0.3) is 0 Å². The Balaban J connectivity index is 1.74. The Kier molecular flexibility index (Phi) is 5.28. The topological polar surface area (TPSA) is 54.5 Å². The van der Waals surface area contributed by atoms with E-state index >= 15 is 0 Å². The zero-order chi connectivity index (χ0) is 17.8. The van der Waals surface area contributed by atoms with Gasteiger partial charge in [0.2, 0.25) is 5.91 Å². The average molecular weight is 343 g/mol. The summed E-state index contributed by atoms with van der Waals surface area (Å²) < 4.78 is 18.4. The van der Waals surface area contributed by atoms with E-state index in [1.165, 1.54) is 12.3 Å². The van der Waals surface area contributed by atoms with Crippen molar-refractivity contribution in [2.24, 2.45) is 0 Å². The van der Waals surface area contributed by atoms with Gasteiger partial charge >= 0.3 is 0 Å². The highest BCUT2D eigenvalue weighted by atomic mass is 19.1. The van der Waals surface area contributed by atoms with Gasteiger partial charge in [-0.05, 0) is 44.0 Å². The Hall–Kier alpha value is -2.47. The van der Waals surface area contributed by atoms with Crippen molar-refractivity contribution in [3.8, 4) is 5.75 Å². The van der Waals surface area contributed by atoms with Crippen LogP contribution in [-0.4, -0.2) is 30.6 Å². The Bertz CT molecular complexity index is 736. The first-order valence-electron chi connectivity index (χ1n) is 8.42. The zero-order valence-electron chi connectivity index (χ0n) is 14.4. The van der Waals surface area contributed by atoms with E-state index in [-0.39, 0.29) is 23.8 Å². The van der Waals surface area contributed by atoms with Crippen LogP contribution >= 0.6 is 0 Å². The Labute approximate surface area is 146 Å². The first-order chi connectivity index (χ1) is 12.1.